The highest BCUT2D eigenvalue weighted by Gasteiger charge is 2.21. The number of anilines is 1. The van der Waals surface area contributed by atoms with Crippen molar-refractivity contribution in [1.29, 1.82) is 0 Å². The second-order valence-corrected chi connectivity index (χ2v) is 9.48. The van der Waals surface area contributed by atoms with Crippen molar-refractivity contribution in [1.82, 2.24) is 5.32 Å². The fourth-order valence-electron chi connectivity index (χ4n) is 3.45. The Balaban J connectivity index is 0.000000614. The number of hydrogen-bond donors (Lipinski definition) is 2. The van der Waals surface area contributed by atoms with Crippen LogP contribution in [0, 0.1) is 5.92 Å². The number of amidine groups is 1. The van der Waals surface area contributed by atoms with E-state index in [0.29, 0.717) is 5.92 Å². The van der Waals surface area contributed by atoms with Gasteiger partial charge < -0.3 is 10.6 Å². The van der Waals surface area contributed by atoms with E-state index in [-0.39, 0.29) is 6.17 Å². The summed E-state index contributed by atoms with van der Waals surface area (Å²) in [6.07, 6.45) is 6.21. The Morgan fingerprint density at radius 3 is 2.32 bits per heavy atom. The summed E-state index contributed by atoms with van der Waals surface area (Å²) in [5.41, 5.74) is 4.52. The number of thioether (sulfide) groups is 1. The van der Waals surface area contributed by atoms with E-state index in [4.69, 9.17) is 4.99 Å². The molecule has 168 valence electrons. The molecule has 0 bridgehead atoms. The average molecular weight is 438 g/mol. The van der Waals surface area contributed by atoms with Crippen LogP contribution in [0.3, 0.4) is 0 Å². The van der Waals surface area contributed by atoms with Crippen LogP contribution < -0.4 is 10.6 Å². The van der Waals surface area contributed by atoms with Crippen LogP contribution in [0.25, 0.3) is 0 Å². The van der Waals surface area contributed by atoms with Crippen LogP contribution in [-0.2, 0) is 0 Å². The number of rotatable bonds is 7. The van der Waals surface area contributed by atoms with E-state index in [9.17, 15) is 0 Å². The maximum absolute atomic E-state index is 4.96. The zero-order chi connectivity index (χ0) is 22.6. The van der Waals surface area contributed by atoms with Gasteiger partial charge in [-0.15, -0.1) is 11.8 Å². The number of benzene rings is 2. The highest BCUT2D eigenvalue weighted by molar-refractivity contribution is 7.99. The molecule has 1 aliphatic heterocycles. The molecule has 0 spiro atoms. The molecule has 2 aromatic carbocycles. The predicted octanol–water partition coefficient (Wildman–Crippen LogP) is 8.02. The number of fused-ring (bicyclic) bond motifs is 1. The van der Waals surface area contributed by atoms with E-state index < -0.39 is 0 Å². The fourth-order valence-corrected chi connectivity index (χ4v) is 4.11. The first-order valence-corrected chi connectivity index (χ1v) is 12.6. The molecule has 2 N–H and O–H groups in total. The van der Waals surface area contributed by atoms with Crippen LogP contribution in [0.2, 0.25) is 0 Å². The van der Waals surface area contributed by atoms with Gasteiger partial charge in [-0.25, -0.2) is 4.99 Å². The monoisotopic (exact) mass is 437 g/mol. The van der Waals surface area contributed by atoms with Gasteiger partial charge in [0.2, 0.25) is 0 Å². The fraction of sp³-hybridized carbons (Fsp3) is 0.444. The Morgan fingerprint density at radius 1 is 1.06 bits per heavy atom. The largest absolute Gasteiger partial charge is 0.359 e. The van der Waals surface area contributed by atoms with E-state index in [2.05, 4.69) is 107 Å². The minimum absolute atomic E-state index is 0.0834. The zero-order valence-electron chi connectivity index (χ0n) is 20.0. The molecule has 0 radical (unpaired) electrons. The maximum atomic E-state index is 4.96. The van der Waals surface area contributed by atoms with Crippen molar-refractivity contribution >= 4 is 23.3 Å². The van der Waals surface area contributed by atoms with E-state index in [0.717, 1.165) is 28.5 Å². The Hall–Kier alpha value is -2.20. The number of nitrogens with zero attached hydrogens (tertiary/aromatic N) is 1. The van der Waals surface area contributed by atoms with Gasteiger partial charge >= 0.3 is 0 Å². The number of aliphatic imine (C=N–C) groups is 1. The molecule has 0 aliphatic carbocycles. The van der Waals surface area contributed by atoms with Gasteiger partial charge in [-0.2, -0.15) is 0 Å². The Kier molecular flexibility index (Phi) is 10.7. The number of nitrogens with one attached hydrogen (secondary N) is 2. The van der Waals surface area contributed by atoms with Crippen molar-refractivity contribution in [3.05, 3.63) is 71.4 Å². The molecular weight excluding hydrogens is 398 g/mol. The third-order valence-corrected chi connectivity index (χ3v) is 5.74. The van der Waals surface area contributed by atoms with Gasteiger partial charge in [0.15, 0.2) is 0 Å². The van der Waals surface area contributed by atoms with Crippen molar-refractivity contribution in [3.8, 4) is 0 Å². The lowest BCUT2D eigenvalue weighted by molar-refractivity contribution is 0.772. The molecule has 0 amide bonds. The molecule has 0 fully saturated rings. The molecule has 1 unspecified atom stereocenters. The lowest BCUT2D eigenvalue weighted by Crippen LogP contribution is -2.29. The summed E-state index contributed by atoms with van der Waals surface area (Å²) in [6, 6.07) is 17.0. The SMILES string of the molecule is CCCCC.CCSc1ccc(C2N=C(N/C(C)=C/C(C)C)c3ccccc3N2)cc1. The molecule has 0 aromatic heterocycles. The number of unbranched alkanes of at least 4 members (excludes halogenated alkanes) is 2. The smallest absolute Gasteiger partial charge is 0.147 e. The Bertz CT molecular complexity index is 851. The molecule has 3 nitrogen and oxygen atoms in total. The molecule has 1 heterocycles. The first kappa shape index (κ1) is 25.1. The molecule has 0 saturated carbocycles. The maximum Gasteiger partial charge on any atom is 0.147 e. The molecule has 4 heteroatoms. The first-order valence-electron chi connectivity index (χ1n) is 11.6. The lowest BCUT2D eigenvalue weighted by Gasteiger charge is -2.26. The van der Waals surface area contributed by atoms with Crippen LogP contribution in [0.4, 0.5) is 5.69 Å². The topological polar surface area (TPSA) is 36.4 Å². The van der Waals surface area contributed by atoms with Crippen LogP contribution in [0.15, 0.2) is 70.2 Å². The second kappa shape index (κ2) is 13.3. The minimum atomic E-state index is -0.0834. The van der Waals surface area contributed by atoms with Crippen molar-refractivity contribution in [2.24, 2.45) is 10.9 Å². The first-order chi connectivity index (χ1) is 15.0. The standard InChI is InChI=1S/C22H27N3S.C5H12/c1-5-26-18-12-10-17(11-13-18)21-24-20-9-7-6-8-19(20)22(25-21)23-16(4)14-15(2)3;1-3-5-4-2/h6-15,21,24H,5H2,1-4H3,(H,23,25);3-5H2,1-2H3/b16-14+;. The van der Waals surface area contributed by atoms with E-state index >= 15 is 0 Å². The number of allylic oxidation sites excluding steroid dienone is 2. The number of para-hydroxylation sites is 1. The van der Waals surface area contributed by atoms with Crippen molar-refractivity contribution < 1.29 is 0 Å². The van der Waals surface area contributed by atoms with Gasteiger partial charge in [0.1, 0.15) is 12.0 Å². The summed E-state index contributed by atoms with van der Waals surface area (Å²) in [6.45, 7) is 13.1. The van der Waals surface area contributed by atoms with E-state index in [1.165, 1.54) is 29.7 Å². The quantitative estimate of drug-likeness (QED) is 0.431. The Morgan fingerprint density at radius 2 is 1.74 bits per heavy atom. The van der Waals surface area contributed by atoms with Gasteiger partial charge in [0, 0.05) is 21.8 Å². The summed E-state index contributed by atoms with van der Waals surface area (Å²) >= 11 is 1.86. The summed E-state index contributed by atoms with van der Waals surface area (Å²) in [5, 5.41) is 7.06. The van der Waals surface area contributed by atoms with E-state index in [1.807, 2.05) is 11.8 Å². The van der Waals surface area contributed by atoms with Crippen LogP contribution >= 0.6 is 11.8 Å². The van der Waals surface area contributed by atoms with Gasteiger partial charge in [0.25, 0.3) is 0 Å². The second-order valence-electron chi connectivity index (χ2n) is 8.14. The predicted molar refractivity (Wildman–Crippen MR) is 139 cm³/mol. The highest BCUT2D eigenvalue weighted by Crippen LogP contribution is 2.30. The van der Waals surface area contributed by atoms with E-state index in [1.54, 1.807) is 0 Å². The van der Waals surface area contributed by atoms with Crippen molar-refractivity contribution in [3.63, 3.8) is 0 Å². The van der Waals surface area contributed by atoms with Crippen LogP contribution in [0.1, 0.15) is 78.1 Å². The molecule has 1 aliphatic rings. The highest BCUT2D eigenvalue weighted by atomic mass is 32.2. The molecular formula is C27H39N3S. The Labute approximate surface area is 193 Å². The number of hydrogen-bond acceptors (Lipinski definition) is 4. The zero-order valence-corrected chi connectivity index (χ0v) is 20.9. The molecule has 3 rings (SSSR count). The summed E-state index contributed by atoms with van der Waals surface area (Å²) < 4.78 is 0. The van der Waals surface area contributed by atoms with Gasteiger partial charge in [-0.1, -0.05) is 84.2 Å². The van der Waals surface area contributed by atoms with Crippen molar-refractivity contribution in [2.75, 3.05) is 11.1 Å². The average Bonchev–Trinajstić information content (AvgIpc) is 2.75. The van der Waals surface area contributed by atoms with Crippen molar-refractivity contribution in [2.45, 2.75) is 71.9 Å². The van der Waals surface area contributed by atoms with Crippen LogP contribution in [-0.4, -0.2) is 11.6 Å². The van der Waals surface area contributed by atoms with Crippen LogP contribution in [0.5, 0.6) is 0 Å². The molecule has 0 saturated heterocycles. The third kappa shape index (κ3) is 8.10. The normalized spacial score (nSPS) is 15.4. The van der Waals surface area contributed by atoms with Gasteiger partial charge in [-0.3, -0.25) is 0 Å². The summed E-state index contributed by atoms with van der Waals surface area (Å²) in [5.74, 6) is 2.51. The van der Waals surface area contributed by atoms with Gasteiger partial charge in [-0.05, 0) is 48.4 Å². The summed E-state index contributed by atoms with van der Waals surface area (Å²) in [4.78, 5) is 6.26. The minimum Gasteiger partial charge on any atom is -0.359 e. The molecule has 1 atom stereocenters. The molecule has 2 aromatic rings. The third-order valence-electron chi connectivity index (χ3n) is 4.85. The molecule has 31 heavy (non-hydrogen) atoms. The van der Waals surface area contributed by atoms with Gasteiger partial charge in [0.05, 0.1) is 0 Å². The summed E-state index contributed by atoms with van der Waals surface area (Å²) in [7, 11) is 0. The lowest BCUT2D eigenvalue weighted by atomic mass is 10.1.